The number of nitrogens with zero attached hydrogens (tertiary/aromatic N) is 1. The van der Waals surface area contributed by atoms with Crippen LogP contribution >= 0.6 is 0 Å². The lowest BCUT2D eigenvalue weighted by atomic mass is 9.99. The Morgan fingerprint density at radius 2 is 1.81 bits per heavy atom. The molecule has 1 unspecified atom stereocenters. The standard InChI is InChI=1S/C16H26N2O2S/c1-12-5-6-15(11-13(12)2)14(3)17-16-7-9-18(10-8-16)21(4,19)20/h5-6,11,14,16-17H,7-10H2,1-4H3. The molecule has 0 aromatic heterocycles. The number of hydrogen-bond donors (Lipinski definition) is 1. The molecule has 0 bridgehead atoms. The highest BCUT2D eigenvalue weighted by Gasteiger charge is 2.25. The van der Waals surface area contributed by atoms with E-state index < -0.39 is 10.0 Å². The van der Waals surface area contributed by atoms with Gasteiger partial charge in [0, 0.05) is 25.2 Å². The summed E-state index contributed by atoms with van der Waals surface area (Å²) in [7, 11) is -3.03. The van der Waals surface area contributed by atoms with Crippen molar-refractivity contribution in [1.82, 2.24) is 9.62 Å². The highest BCUT2D eigenvalue weighted by atomic mass is 32.2. The van der Waals surface area contributed by atoms with Crippen molar-refractivity contribution in [3.8, 4) is 0 Å². The molecule has 0 aliphatic carbocycles. The van der Waals surface area contributed by atoms with Crippen LogP contribution in [0.3, 0.4) is 0 Å². The predicted molar refractivity (Wildman–Crippen MR) is 86.9 cm³/mol. The average molecular weight is 310 g/mol. The van der Waals surface area contributed by atoms with Gasteiger partial charge < -0.3 is 5.32 Å². The maximum atomic E-state index is 11.5. The first-order valence-corrected chi connectivity index (χ1v) is 9.40. The van der Waals surface area contributed by atoms with E-state index in [1.165, 1.54) is 22.9 Å². The Morgan fingerprint density at radius 1 is 1.19 bits per heavy atom. The van der Waals surface area contributed by atoms with Crippen molar-refractivity contribution in [2.24, 2.45) is 0 Å². The minimum atomic E-state index is -3.03. The third-order valence-corrected chi connectivity index (χ3v) is 5.74. The maximum absolute atomic E-state index is 11.5. The van der Waals surface area contributed by atoms with Crippen LogP contribution in [0.25, 0.3) is 0 Å². The molecule has 0 spiro atoms. The van der Waals surface area contributed by atoms with Crippen molar-refractivity contribution in [3.05, 3.63) is 34.9 Å². The second-order valence-electron chi connectivity index (χ2n) is 6.17. The van der Waals surface area contributed by atoms with Crippen LogP contribution in [0.5, 0.6) is 0 Å². The van der Waals surface area contributed by atoms with E-state index in [1.54, 1.807) is 4.31 Å². The fraction of sp³-hybridized carbons (Fsp3) is 0.625. The van der Waals surface area contributed by atoms with E-state index >= 15 is 0 Å². The lowest BCUT2D eigenvalue weighted by Gasteiger charge is -2.32. The summed E-state index contributed by atoms with van der Waals surface area (Å²) >= 11 is 0. The zero-order chi connectivity index (χ0) is 15.6. The number of sulfonamides is 1. The summed E-state index contributed by atoms with van der Waals surface area (Å²) in [5, 5.41) is 3.63. The predicted octanol–water partition coefficient (Wildman–Crippen LogP) is 2.38. The van der Waals surface area contributed by atoms with Crippen molar-refractivity contribution in [2.45, 2.75) is 45.7 Å². The Morgan fingerprint density at radius 3 is 2.33 bits per heavy atom. The molecule has 21 heavy (non-hydrogen) atoms. The zero-order valence-electron chi connectivity index (χ0n) is 13.4. The minimum absolute atomic E-state index is 0.291. The zero-order valence-corrected chi connectivity index (χ0v) is 14.2. The van der Waals surface area contributed by atoms with Crippen LogP contribution in [0.2, 0.25) is 0 Å². The van der Waals surface area contributed by atoms with Gasteiger partial charge in [-0.1, -0.05) is 18.2 Å². The Hall–Kier alpha value is -0.910. The van der Waals surface area contributed by atoms with Gasteiger partial charge in [0.15, 0.2) is 0 Å². The highest BCUT2D eigenvalue weighted by Crippen LogP contribution is 2.20. The van der Waals surface area contributed by atoms with E-state index in [1.807, 2.05) is 0 Å². The molecule has 1 aliphatic rings. The Bertz CT molecular complexity index is 590. The maximum Gasteiger partial charge on any atom is 0.211 e. The Labute approximate surface area is 128 Å². The first-order chi connectivity index (χ1) is 9.77. The molecule has 4 nitrogen and oxygen atoms in total. The fourth-order valence-electron chi connectivity index (χ4n) is 2.84. The molecule has 2 rings (SSSR count). The molecule has 1 aromatic rings. The van der Waals surface area contributed by atoms with Crippen LogP contribution < -0.4 is 5.32 Å². The van der Waals surface area contributed by atoms with Crippen LogP contribution in [0, 0.1) is 13.8 Å². The summed E-state index contributed by atoms with van der Waals surface area (Å²) in [6, 6.07) is 7.25. The fourth-order valence-corrected chi connectivity index (χ4v) is 3.71. The number of rotatable bonds is 4. The van der Waals surface area contributed by atoms with E-state index in [2.05, 4.69) is 44.3 Å². The molecule has 0 saturated carbocycles. The lowest BCUT2D eigenvalue weighted by Crippen LogP contribution is -2.45. The van der Waals surface area contributed by atoms with Gasteiger partial charge in [-0.15, -0.1) is 0 Å². The molecule has 1 saturated heterocycles. The summed E-state index contributed by atoms with van der Waals surface area (Å²) < 4.78 is 24.6. The second-order valence-corrected chi connectivity index (χ2v) is 8.15. The van der Waals surface area contributed by atoms with Crippen molar-refractivity contribution < 1.29 is 8.42 Å². The van der Waals surface area contributed by atoms with Crippen LogP contribution in [-0.2, 0) is 10.0 Å². The lowest BCUT2D eigenvalue weighted by molar-refractivity contribution is 0.278. The van der Waals surface area contributed by atoms with Crippen LogP contribution in [0.1, 0.15) is 42.5 Å². The van der Waals surface area contributed by atoms with Crippen molar-refractivity contribution >= 4 is 10.0 Å². The molecule has 0 radical (unpaired) electrons. The summed E-state index contributed by atoms with van der Waals surface area (Å²) in [4.78, 5) is 0. The first-order valence-electron chi connectivity index (χ1n) is 7.55. The van der Waals surface area contributed by atoms with Gasteiger partial charge in [0.2, 0.25) is 10.0 Å². The summed E-state index contributed by atoms with van der Waals surface area (Å²) in [6.45, 7) is 7.67. The average Bonchev–Trinajstić information content (AvgIpc) is 2.41. The molecule has 5 heteroatoms. The van der Waals surface area contributed by atoms with E-state index in [9.17, 15) is 8.42 Å². The molecule has 1 aliphatic heterocycles. The van der Waals surface area contributed by atoms with Crippen LogP contribution in [-0.4, -0.2) is 38.1 Å². The van der Waals surface area contributed by atoms with Crippen molar-refractivity contribution in [3.63, 3.8) is 0 Å². The van der Waals surface area contributed by atoms with E-state index in [4.69, 9.17) is 0 Å². The van der Waals surface area contributed by atoms with E-state index in [0.717, 1.165) is 12.8 Å². The van der Waals surface area contributed by atoms with Crippen LogP contribution in [0.15, 0.2) is 18.2 Å². The topological polar surface area (TPSA) is 49.4 Å². The van der Waals surface area contributed by atoms with Gasteiger partial charge in [-0.25, -0.2) is 12.7 Å². The molecular formula is C16H26N2O2S. The molecular weight excluding hydrogens is 284 g/mol. The van der Waals surface area contributed by atoms with Gasteiger partial charge in [-0.2, -0.15) is 0 Å². The third kappa shape index (κ3) is 4.28. The van der Waals surface area contributed by atoms with Gasteiger partial charge in [-0.3, -0.25) is 0 Å². The number of aryl methyl sites for hydroxylation is 2. The quantitative estimate of drug-likeness (QED) is 0.929. The van der Waals surface area contributed by atoms with Gasteiger partial charge in [0.25, 0.3) is 0 Å². The molecule has 1 aromatic carbocycles. The molecule has 0 amide bonds. The second kappa shape index (κ2) is 6.46. The summed E-state index contributed by atoms with van der Waals surface area (Å²) in [5.74, 6) is 0. The minimum Gasteiger partial charge on any atom is -0.307 e. The molecule has 118 valence electrons. The van der Waals surface area contributed by atoms with Gasteiger partial charge in [-0.05, 0) is 50.3 Å². The number of benzene rings is 1. The monoisotopic (exact) mass is 310 g/mol. The van der Waals surface area contributed by atoms with E-state index in [0.29, 0.717) is 25.2 Å². The molecule has 1 atom stereocenters. The number of nitrogens with one attached hydrogen (secondary N) is 1. The van der Waals surface area contributed by atoms with Gasteiger partial charge in [0.05, 0.1) is 6.26 Å². The summed E-state index contributed by atoms with van der Waals surface area (Å²) in [6.07, 6.45) is 3.04. The third-order valence-electron chi connectivity index (χ3n) is 4.44. The highest BCUT2D eigenvalue weighted by molar-refractivity contribution is 7.88. The van der Waals surface area contributed by atoms with Crippen LogP contribution in [0.4, 0.5) is 0 Å². The SMILES string of the molecule is Cc1ccc(C(C)NC2CCN(S(C)(=O)=O)CC2)cc1C. The number of piperidine rings is 1. The Balaban J connectivity index is 1.92. The summed E-state index contributed by atoms with van der Waals surface area (Å²) in [5.41, 5.74) is 3.92. The van der Waals surface area contributed by atoms with E-state index in [-0.39, 0.29) is 0 Å². The largest absolute Gasteiger partial charge is 0.307 e. The Kier molecular flexibility index (Phi) is 5.07. The normalized spacial score (nSPS) is 19.6. The smallest absolute Gasteiger partial charge is 0.211 e. The first kappa shape index (κ1) is 16.5. The number of hydrogen-bond acceptors (Lipinski definition) is 3. The molecule has 1 N–H and O–H groups in total. The molecule has 1 heterocycles. The van der Waals surface area contributed by atoms with Crippen molar-refractivity contribution in [1.29, 1.82) is 0 Å². The van der Waals surface area contributed by atoms with Gasteiger partial charge in [0.1, 0.15) is 0 Å². The van der Waals surface area contributed by atoms with Crippen molar-refractivity contribution in [2.75, 3.05) is 19.3 Å². The molecule has 1 fully saturated rings. The van der Waals surface area contributed by atoms with Gasteiger partial charge >= 0.3 is 0 Å².